The first-order valence-corrected chi connectivity index (χ1v) is 13.6. The monoisotopic (exact) mass is 508 g/mol. The Hall–Kier alpha value is -3.16. The van der Waals surface area contributed by atoms with Crippen molar-refractivity contribution in [3.63, 3.8) is 0 Å². The lowest BCUT2D eigenvalue weighted by Crippen LogP contribution is -2.25. The number of methoxy groups -OCH3 is 1. The van der Waals surface area contributed by atoms with Crippen LogP contribution in [0.4, 0.5) is 16.5 Å². The molecule has 2 N–H and O–H groups in total. The maximum atomic E-state index is 13.0. The molecule has 0 radical (unpaired) electrons. The Kier molecular flexibility index (Phi) is 6.28. The molecule has 2 heterocycles. The first kappa shape index (κ1) is 23.0. The maximum Gasteiger partial charge on any atom is 0.263 e. The average Bonchev–Trinajstić information content (AvgIpc) is 3.44. The second-order valence-corrected chi connectivity index (χ2v) is 11.3. The predicted octanol–water partition coefficient (Wildman–Crippen LogP) is 2.88. The summed E-state index contributed by atoms with van der Waals surface area (Å²) in [5.74, 6) is 0.297. The van der Waals surface area contributed by atoms with Crippen molar-refractivity contribution in [1.82, 2.24) is 4.98 Å². The van der Waals surface area contributed by atoms with E-state index in [1.54, 1.807) is 5.38 Å². The summed E-state index contributed by atoms with van der Waals surface area (Å²) in [6.45, 7) is 0.483. The molecular weight excluding hydrogens is 488 g/mol. The minimum absolute atomic E-state index is 0.0417. The van der Waals surface area contributed by atoms with E-state index < -0.39 is 20.0 Å². The molecule has 174 valence electrons. The summed E-state index contributed by atoms with van der Waals surface area (Å²) in [7, 11) is -6.42. The molecule has 1 fully saturated rings. The molecule has 13 heteroatoms. The van der Waals surface area contributed by atoms with E-state index in [2.05, 4.69) is 14.4 Å². The Morgan fingerprint density at radius 1 is 1.00 bits per heavy atom. The van der Waals surface area contributed by atoms with Crippen molar-refractivity contribution in [2.75, 3.05) is 28.0 Å². The van der Waals surface area contributed by atoms with Gasteiger partial charge >= 0.3 is 0 Å². The molecule has 0 bridgehead atoms. The van der Waals surface area contributed by atoms with Crippen LogP contribution in [0.1, 0.15) is 12.8 Å². The number of ether oxygens (including phenoxy) is 1. The first-order chi connectivity index (χ1) is 15.7. The molecule has 0 saturated carbocycles. The number of amides is 1. The molecule has 3 aromatic rings. The van der Waals surface area contributed by atoms with Gasteiger partial charge in [0.05, 0.1) is 22.6 Å². The number of nitrogens with zero attached hydrogens (tertiary/aromatic N) is 2. The lowest BCUT2D eigenvalue weighted by Gasteiger charge is -2.20. The second kappa shape index (κ2) is 9.00. The highest BCUT2D eigenvalue weighted by Crippen LogP contribution is 2.34. The lowest BCUT2D eigenvalue weighted by molar-refractivity contribution is -0.117. The summed E-state index contributed by atoms with van der Waals surface area (Å²) in [6, 6.07) is 9.54. The third-order valence-corrected chi connectivity index (χ3v) is 8.45. The van der Waals surface area contributed by atoms with Crippen LogP contribution in [0.15, 0.2) is 63.8 Å². The standard InChI is InChI=1S/C20H20N4O6S3/c1-30-18-9-8-16(13-17(18)24-11-2-3-19(24)25)33(28,29)22-14-4-6-15(7-5-14)32(26,27)23-20-21-10-12-31-20/h4-10,12-13,22H,2-3,11H2,1H3,(H,21,23). The van der Waals surface area contributed by atoms with Crippen LogP contribution in [0, 0.1) is 0 Å². The highest BCUT2D eigenvalue weighted by atomic mass is 32.2. The smallest absolute Gasteiger partial charge is 0.263 e. The number of carbonyl (C=O) groups excluding carboxylic acids is 1. The Bertz CT molecular complexity index is 1370. The molecule has 1 saturated heterocycles. The van der Waals surface area contributed by atoms with Gasteiger partial charge in [-0.05, 0) is 48.9 Å². The van der Waals surface area contributed by atoms with E-state index in [1.807, 2.05) is 0 Å². The maximum absolute atomic E-state index is 13.0. The Balaban J connectivity index is 1.56. The zero-order valence-corrected chi connectivity index (χ0v) is 19.8. The number of thiazole rings is 1. The SMILES string of the molecule is COc1ccc(S(=O)(=O)Nc2ccc(S(=O)(=O)Nc3nccs3)cc2)cc1N1CCCC1=O. The largest absolute Gasteiger partial charge is 0.495 e. The van der Waals surface area contributed by atoms with Crippen LogP contribution in [0.25, 0.3) is 0 Å². The highest BCUT2D eigenvalue weighted by Gasteiger charge is 2.27. The van der Waals surface area contributed by atoms with Gasteiger partial charge in [0, 0.05) is 30.2 Å². The molecule has 1 amide bonds. The van der Waals surface area contributed by atoms with Crippen molar-refractivity contribution < 1.29 is 26.4 Å². The van der Waals surface area contributed by atoms with Gasteiger partial charge in [0.15, 0.2) is 5.13 Å². The quantitative estimate of drug-likeness (QED) is 0.478. The fraction of sp³-hybridized carbons (Fsp3) is 0.200. The number of hydrogen-bond donors (Lipinski definition) is 2. The Morgan fingerprint density at radius 3 is 2.30 bits per heavy atom. The van der Waals surface area contributed by atoms with Gasteiger partial charge in [0.25, 0.3) is 20.0 Å². The molecule has 0 atom stereocenters. The van der Waals surface area contributed by atoms with Gasteiger partial charge in [-0.3, -0.25) is 14.2 Å². The van der Waals surface area contributed by atoms with Crippen molar-refractivity contribution in [2.45, 2.75) is 22.6 Å². The normalized spacial score (nSPS) is 14.3. The summed E-state index contributed by atoms with van der Waals surface area (Å²) in [5.41, 5.74) is 0.565. The summed E-state index contributed by atoms with van der Waals surface area (Å²) in [6.07, 6.45) is 2.56. The number of sulfonamides is 2. The highest BCUT2D eigenvalue weighted by molar-refractivity contribution is 7.93. The molecule has 0 unspecified atom stereocenters. The van der Waals surface area contributed by atoms with E-state index in [0.717, 1.165) is 11.3 Å². The van der Waals surface area contributed by atoms with Gasteiger partial charge in [0.2, 0.25) is 5.91 Å². The zero-order valence-electron chi connectivity index (χ0n) is 17.4. The third-order valence-electron chi connectivity index (χ3n) is 4.90. The van der Waals surface area contributed by atoms with Crippen LogP contribution >= 0.6 is 11.3 Å². The third kappa shape index (κ3) is 4.94. The van der Waals surface area contributed by atoms with Gasteiger partial charge in [-0.2, -0.15) is 0 Å². The van der Waals surface area contributed by atoms with E-state index in [4.69, 9.17) is 4.74 Å². The van der Waals surface area contributed by atoms with E-state index in [0.29, 0.717) is 30.8 Å². The predicted molar refractivity (Wildman–Crippen MR) is 125 cm³/mol. The minimum atomic E-state index is -4.01. The van der Waals surface area contributed by atoms with Crippen LogP contribution in [-0.4, -0.2) is 41.4 Å². The van der Waals surface area contributed by atoms with Crippen molar-refractivity contribution in [3.05, 3.63) is 54.0 Å². The van der Waals surface area contributed by atoms with Crippen molar-refractivity contribution in [1.29, 1.82) is 0 Å². The van der Waals surface area contributed by atoms with E-state index in [9.17, 15) is 21.6 Å². The first-order valence-electron chi connectivity index (χ1n) is 9.73. The van der Waals surface area contributed by atoms with Crippen molar-refractivity contribution in [3.8, 4) is 5.75 Å². The van der Waals surface area contributed by atoms with E-state index in [1.165, 1.54) is 60.7 Å². The fourth-order valence-corrected chi connectivity index (χ4v) is 6.18. The Labute approximate surface area is 195 Å². The molecule has 1 aromatic heterocycles. The van der Waals surface area contributed by atoms with Crippen LogP contribution in [0.3, 0.4) is 0 Å². The van der Waals surface area contributed by atoms with Gasteiger partial charge in [0.1, 0.15) is 5.75 Å². The molecule has 0 aliphatic carbocycles. The Morgan fingerprint density at radius 2 is 1.70 bits per heavy atom. The molecule has 1 aliphatic rings. The molecule has 10 nitrogen and oxygen atoms in total. The second-order valence-electron chi connectivity index (χ2n) is 7.06. The van der Waals surface area contributed by atoms with Crippen molar-refractivity contribution in [2.24, 2.45) is 0 Å². The number of benzene rings is 2. The van der Waals surface area contributed by atoms with Gasteiger partial charge in [-0.15, -0.1) is 11.3 Å². The summed E-state index contributed by atoms with van der Waals surface area (Å²) < 4.78 is 60.9. The average molecular weight is 509 g/mol. The zero-order chi connectivity index (χ0) is 23.6. The summed E-state index contributed by atoms with van der Waals surface area (Å²) >= 11 is 1.14. The molecule has 0 spiro atoms. The number of nitrogens with one attached hydrogen (secondary N) is 2. The van der Waals surface area contributed by atoms with Gasteiger partial charge < -0.3 is 9.64 Å². The lowest BCUT2D eigenvalue weighted by atomic mass is 10.2. The molecular formula is C20H20N4O6S3. The van der Waals surface area contributed by atoms with Gasteiger partial charge in [-0.1, -0.05) is 0 Å². The van der Waals surface area contributed by atoms with Gasteiger partial charge in [-0.25, -0.2) is 21.8 Å². The van der Waals surface area contributed by atoms with Crippen LogP contribution in [-0.2, 0) is 24.8 Å². The number of carbonyl (C=O) groups is 1. The molecule has 4 rings (SSSR count). The summed E-state index contributed by atoms with van der Waals surface area (Å²) in [5, 5.41) is 1.87. The van der Waals surface area contributed by atoms with Crippen LogP contribution < -0.4 is 19.1 Å². The molecule has 1 aliphatic heterocycles. The van der Waals surface area contributed by atoms with E-state index in [-0.39, 0.29) is 26.5 Å². The molecule has 33 heavy (non-hydrogen) atoms. The van der Waals surface area contributed by atoms with Crippen LogP contribution in [0.5, 0.6) is 5.75 Å². The minimum Gasteiger partial charge on any atom is -0.495 e. The number of anilines is 3. The number of rotatable bonds is 8. The molecule has 2 aromatic carbocycles. The van der Waals surface area contributed by atoms with Crippen LogP contribution in [0.2, 0.25) is 0 Å². The van der Waals surface area contributed by atoms with Crippen molar-refractivity contribution >= 4 is 53.8 Å². The summed E-state index contributed by atoms with van der Waals surface area (Å²) in [4.78, 5) is 17.4. The number of hydrogen-bond acceptors (Lipinski definition) is 8. The number of aromatic nitrogens is 1. The van der Waals surface area contributed by atoms with E-state index >= 15 is 0 Å². The topological polar surface area (TPSA) is 135 Å². The fourth-order valence-electron chi connectivity index (χ4n) is 3.31.